The van der Waals surface area contributed by atoms with Crippen molar-refractivity contribution in [2.45, 2.75) is 26.8 Å². The molecule has 3 aromatic rings. The van der Waals surface area contributed by atoms with Crippen LogP contribution in [0.5, 0.6) is 0 Å². The van der Waals surface area contributed by atoms with E-state index in [0.717, 1.165) is 11.3 Å². The van der Waals surface area contributed by atoms with E-state index in [0.29, 0.717) is 33.2 Å². The monoisotopic (exact) mass is 386 g/mol. The van der Waals surface area contributed by atoms with Crippen LogP contribution in [0.2, 0.25) is 0 Å². The van der Waals surface area contributed by atoms with Gasteiger partial charge in [-0.15, -0.1) is 0 Å². The fourth-order valence-electron chi connectivity index (χ4n) is 2.56. The van der Waals surface area contributed by atoms with Gasteiger partial charge in [0.05, 0.1) is 30.6 Å². The molecule has 0 spiro atoms. The van der Waals surface area contributed by atoms with Crippen LogP contribution >= 0.6 is 11.3 Å². The van der Waals surface area contributed by atoms with Gasteiger partial charge in [-0.2, -0.15) is 5.10 Å². The van der Waals surface area contributed by atoms with Crippen LogP contribution in [-0.4, -0.2) is 33.2 Å². The van der Waals surface area contributed by atoms with Gasteiger partial charge < -0.3 is 10.1 Å². The first kappa shape index (κ1) is 18.7. The molecular weight excluding hydrogens is 368 g/mol. The number of amides is 1. The molecule has 0 aliphatic rings. The fraction of sp³-hybridized carbons (Fsp3) is 0.278. The van der Waals surface area contributed by atoms with E-state index in [4.69, 9.17) is 4.74 Å². The summed E-state index contributed by atoms with van der Waals surface area (Å²) in [6, 6.07) is 7.12. The van der Waals surface area contributed by atoms with Gasteiger partial charge in [-0.25, -0.2) is 9.78 Å². The second kappa shape index (κ2) is 8.09. The lowest BCUT2D eigenvalue weighted by atomic mass is 10.2. The lowest BCUT2D eigenvalue weighted by Gasteiger charge is -2.08. The highest BCUT2D eigenvalue weighted by atomic mass is 32.1. The summed E-state index contributed by atoms with van der Waals surface area (Å²) in [6.07, 6.45) is 1.39. The number of aryl methyl sites for hydroxylation is 2. The minimum Gasteiger partial charge on any atom is -0.462 e. The van der Waals surface area contributed by atoms with Gasteiger partial charge in [-0.3, -0.25) is 14.3 Å². The van der Waals surface area contributed by atoms with Crippen LogP contribution in [0.3, 0.4) is 0 Å². The topological polar surface area (TPSA) is 103 Å². The van der Waals surface area contributed by atoms with Crippen molar-refractivity contribution in [2.24, 2.45) is 0 Å². The highest BCUT2D eigenvalue weighted by Crippen LogP contribution is 2.23. The van der Waals surface area contributed by atoms with Crippen molar-refractivity contribution in [1.29, 1.82) is 0 Å². The third-order valence-corrected chi connectivity index (χ3v) is 4.87. The molecule has 9 heteroatoms. The average molecular weight is 386 g/mol. The van der Waals surface area contributed by atoms with Gasteiger partial charge in [0.1, 0.15) is 4.88 Å². The quantitative estimate of drug-likeness (QED) is 0.653. The molecule has 0 unspecified atom stereocenters. The number of nitrogens with zero attached hydrogens (tertiary/aromatic N) is 3. The standard InChI is InChI=1S/C18H18N4O4S/c1-3-26-17(25)16-11(2)20-18(27-16)21-15(24)8-9-22-13-7-5-4-6-12(13)14(23)10-19-22/h4-7,10H,3,8-9H2,1-2H3,(H,20,21,24). The highest BCUT2D eigenvalue weighted by molar-refractivity contribution is 7.17. The molecule has 140 valence electrons. The maximum absolute atomic E-state index is 12.2. The van der Waals surface area contributed by atoms with Crippen LogP contribution in [0.15, 0.2) is 35.3 Å². The number of ether oxygens (including phenoxy) is 1. The van der Waals surface area contributed by atoms with Crippen LogP contribution in [0.4, 0.5) is 5.13 Å². The van der Waals surface area contributed by atoms with E-state index in [1.54, 1.807) is 36.7 Å². The zero-order valence-corrected chi connectivity index (χ0v) is 15.7. The zero-order valence-electron chi connectivity index (χ0n) is 14.9. The van der Waals surface area contributed by atoms with E-state index in [9.17, 15) is 14.4 Å². The number of anilines is 1. The molecule has 0 atom stereocenters. The zero-order chi connectivity index (χ0) is 19.4. The number of thiazole rings is 1. The SMILES string of the molecule is CCOC(=O)c1sc(NC(=O)CCn2ncc(=O)c3ccccc32)nc1C. The number of carbonyl (C=O) groups is 2. The molecule has 2 heterocycles. The second-order valence-electron chi connectivity index (χ2n) is 5.70. The van der Waals surface area contributed by atoms with Crippen molar-refractivity contribution in [3.8, 4) is 0 Å². The van der Waals surface area contributed by atoms with Gasteiger partial charge >= 0.3 is 5.97 Å². The van der Waals surface area contributed by atoms with Crippen molar-refractivity contribution < 1.29 is 14.3 Å². The van der Waals surface area contributed by atoms with Crippen LogP contribution in [-0.2, 0) is 16.1 Å². The van der Waals surface area contributed by atoms with Crippen molar-refractivity contribution >= 4 is 39.2 Å². The average Bonchev–Trinajstić information content (AvgIpc) is 3.02. The van der Waals surface area contributed by atoms with Crippen molar-refractivity contribution in [3.05, 3.63) is 51.3 Å². The first-order valence-corrected chi connectivity index (χ1v) is 9.20. The minimum atomic E-state index is -0.447. The molecular formula is C18H18N4O4S. The Hall–Kier alpha value is -3.07. The number of fused-ring (bicyclic) bond motifs is 1. The van der Waals surface area contributed by atoms with Gasteiger partial charge in [0, 0.05) is 11.8 Å². The molecule has 3 rings (SSSR count). The first-order valence-electron chi connectivity index (χ1n) is 8.39. The molecule has 1 aromatic carbocycles. The van der Waals surface area contributed by atoms with Gasteiger partial charge in [0.25, 0.3) is 0 Å². The van der Waals surface area contributed by atoms with Gasteiger partial charge in [0.15, 0.2) is 5.13 Å². The summed E-state index contributed by atoms with van der Waals surface area (Å²) in [5.74, 6) is -0.708. The van der Waals surface area contributed by atoms with Crippen LogP contribution in [0, 0.1) is 6.92 Å². The van der Waals surface area contributed by atoms with Gasteiger partial charge in [0.2, 0.25) is 11.3 Å². The number of esters is 1. The van der Waals surface area contributed by atoms with E-state index in [2.05, 4.69) is 15.4 Å². The Morgan fingerprint density at radius 2 is 2.07 bits per heavy atom. The molecule has 2 aromatic heterocycles. The molecule has 0 saturated carbocycles. The predicted octanol–water partition coefficient (Wildman–Crippen LogP) is 2.37. The Labute approximate surface area is 158 Å². The number of aromatic nitrogens is 3. The Bertz CT molecular complexity index is 1060. The van der Waals surface area contributed by atoms with E-state index >= 15 is 0 Å². The Kier molecular flexibility index (Phi) is 5.60. The molecule has 8 nitrogen and oxygen atoms in total. The number of hydrogen-bond acceptors (Lipinski definition) is 7. The summed E-state index contributed by atoms with van der Waals surface area (Å²) in [4.78, 5) is 40.5. The second-order valence-corrected chi connectivity index (χ2v) is 6.70. The molecule has 0 bridgehead atoms. The third kappa shape index (κ3) is 4.20. The molecule has 0 radical (unpaired) electrons. The van der Waals surface area contributed by atoms with E-state index in [1.165, 1.54) is 6.20 Å². The van der Waals surface area contributed by atoms with Crippen molar-refractivity contribution in [2.75, 3.05) is 11.9 Å². The maximum atomic E-state index is 12.2. The summed E-state index contributed by atoms with van der Waals surface area (Å²) >= 11 is 1.08. The Morgan fingerprint density at radius 1 is 1.30 bits per heavy atom. The number of hydrogen-bond donors (Lipinski definition) is 1. The maximum Gasteiger partial charge on any atom is 0.350 e. The Balaban J connectivity index is 1.68. The molecule has 0 aliphatic carbocycles. The van der Waals surface area contributed by atoms with Crippen LogP contribution < -0.4 is 10.7 Å². The van der Waals surface area contributed by atoms with Crippen molar-refractivity contribution in [3.63, 3.8) is 0 Å². The van der Waals surface area contributed by atoms with Gasteiger partial charge in [-0.1, -0.05) is 23.5 Å². The molecule has 0 aliphatic heterocycles. The Morgan fingerprint density at radius 3 is 2.85 bits per heavy atom. The van der Waals surface area contributed by atoms with Gasteiger partial charge in [-0.05, 0) is 26.0 Å². The molecule has 0 fully saturated rings. The lowest BCUT2D eigenvalue weighted by molar-refractivity contribution is -0.116. The smallest absolute Gasteiger partial charge is 0.350 e. The molecule has 0 saturated heterocycles. The van der Waals surface area contributed by atoms with Crippen LogP contribution in [0.1, 0.15) is 28.7 Å². The third-order valence-electron chi connectivity index (χ3n) is 3.82. The normalized spacial score (nSPS) is 10.7. The number of nitrogens with one attached hydrogen (secondary N) is 1. The fourth-order valence-corrected chi connectivity index (χ4v) is 3.44. The highest BCUT2D eigenvalue weighted by Gasteiger charge is 2.17. The summed E-state index contributed by atoms with van der Waals surface area (Å²) < 4.78 is 6.58. The summed E-state index contributed by atoms with van der Waals surface area (Å²) in [6.45, 7) is 4.00. The van der Waals surface area contributed by atoms with Crippen molar-refractivity contribution in [1.82, 2.24) is 14.8 Å². The van der Waals surface area contributed by atoms with E-state index in [-0.39, 0.29) is 24.4 Å². The van der Waals surface area contributed by atoms with E-state index in [1.807, 2.05) is 6.07 Å². The molecule has 1 N–H and O–H groups in total. The molecule has 1 amide bonds. The number of carbonyl (C=O) groups excluding carboxylic acids is 2. The summed E-state index contributed by atoms with van der Waals surface area (Å²) in [7, 11) is 0. The predicted molar refractivity (Wildman–Crippen MR) is 102 cm³/mol. The van der Waals surface area contributed by atoms with Crippen LogP contribution in [0.25, 0.3) is 10.9 Å². The number of rotatable bonds is 6. The number of benzene rings is 1. The first-order chi connectivity index (χ1) is 13.0. The van der Waals surface area contributed by atoms with E-state index < -0.39 is 5.97 Å². The summed E-state index contributed by atoms with van der Waals surface area (Å²) in [5, 5.41) is 7.69. The lowest BCUT2D eigenvalue weighted by Crippen LogP contribution is -2.17. The molecule has 27 heavy (non-hydrogen) atoms. The summed E-state index contributed by atoms with van der Waals surface area (Å²) in [5.41, 5.74) is 1.03. The largest absolute Gasteiger partial charge is 0.462 e. The number of para-hydroxylation sites is 1. The minimum absolute atomic E-state index is 0.146.